The summed E-state index contributed by atoms with van der Waals surface area (Å²) in [4.78, 5) is 38.9. The lowest BCUT2D eigenvalue weighted by atomic mass is 10.1. The normalized spacial score (nSPS) is 9.29. The average molecular weight is 355 g/mol. The van der Waals surface area contributed by atoms with E-state index in [-0.39, 0.29) is 16.7 Å². The van der Waals surface area contributed by atoms with Gasteiger partial charge in [-0.25, -0.2) is 14.4 Å². The van der Waals surface area contributed by atoms with Crippen LogP contribution >= 0.6 is 11.6 Å². The largest absolute Gasteiger partial charge is 0.478 e. The van der Waals surface area contributed by atoms with Crippen LogP contribution in [0.5, 0.6) is 0 Å². The van der Waals surface area contributed by atoms with E-state index in [9.17, 15) is 14.4 Å². The summed E-state index contributed by atoms with van der Waals surface area (Å²) < 4.78 is 0. The Labute approximate surface area is 140 Å². The molecule has 0 aliphatic rings. The zero-order valence-corrected chi connectivity index (χ0v) is 12.6. The van der Waals surface area contributed by atoms with Gasteiger partial charge in [0.2, 0.25) is 0 Å². The van der Waals surface area contributed by atoms with Crippen molar-refractivity contribution < 1.29 is 39.8 Å². The zero-order valence-electron chi connectivity index (χ0n) is 11.9. The Kier molecular flexibility index (Phi) is 7.37. The third-order valence-corrected chi connectivity index (χ3v) is 2.84. The Morgan fingerprint density at radius 2 is 1.42 bits per heavy atom. The van der Waals surface area contributed by atoms with Gasteiger partial charge in [0, 0.05) is 5.02 Å². The second-order valence-electron chi connectivity index (χ2n) is 4.12. The first-order chi connectivity index (χ1) is 11.4. The molecule has 3 N–H and O–H groups in total. The van der Waals surface area contributed by atoms with Crippen LogP contribution < -0.4 is 0 Å². The van der Waals surface area contributed by atoms with Gasteiger partial charge in [0.05, 0.1) is 16.7 Å². The van der Waals surface area contributed by atoms with E-state index in [4.69, 9.17) is 27.2 Å². The lowest BCUT2D eigenvalue weighted by molar-refractivity contribution is -0.182. The van der Waals surface area contributed by atoms with E-state index in [1.807, 2.05) is 0 Å². The summed E-state index contributed by atoms with van der Waals surface area (Å²) in [5, 5.41) is 25.1. The van der Waals surface area contributed by atoms with Gasteiger partial charge in [-0.15, -0.1) is 0 Å². The van der Waals surface area contributed by atoms with Crippen LogP contribution in [0.3, 0.4) is 0 Å². The third kappa shape index (κ3) is 5.36. The van der Waals surface area contributed by atoms with Gasteiger partial charge < -0.3 is 5.11 Å². The molecule has 0 saturated heterocycles. The molecule has 24 heavy (non-hydrogen) atoms. The Bertz CT molecular complexity index is 744. The SMILES string of the molecule is O=C(O)c1ccccc1C(=O)OO.O=C(OO)c1cccc(Cl)c1. The molecular formula is C15H11ClO8. The fourth-order valence-corrected chi connectivity index (χ4v) is 1.76. The minimum Gasteiger partial charge on any atom is -0.478 e. The van der Waals surface area contributed by atoms with Crippen molar-refractivity contribution in [3.8, 4) is 0 Å². The first-order valence-corrected chi connectivity index (χ1v) is 6.58. The molecule has 0 heterocycles. The summed E-state index contributed by atoms with van der Waals surface area (Å²) in [7, 11) is 0. The molecule has 0 aliphatic heterocycles. The summed E-state index contributed by atoms with van der Waals surface area (Å²) in [6.07, 6.45) is 0. The molecule has 0 unspecified atom stereocenters. The molecule has 0 saturated carbocycles. The zero-order chi connectivity index (χ0) is 18.1. The Morgan fingerprint density at radius 3 is 1.92 bits per heavy atom. The van der Waals surface area contributed by atoms with Crippen molar-refractivity contribution in [2.24, 2.45) is 0 Å². The maximum absolute atomic E-state index is 10.8. The van der Waals surface area contributed by atoms with Crippen LogP contribution in [-0.4, -0.2) is 33.5 Å². The van der Waals surface area contributed by atoms with E-state index in [2.05, 4.69) is 9.78 Å². The fourth-order valence-electron chi connectivity index (χ4n) is 1.56. The summed E-state index contributed by atoms with van der Waals surface area (Å²) in [5.41, 5.74) is -0.168. The number of carboxylic acids is 1. The first-order valence-electron chi connectivity index (χ1n) is 6.20. The average Bonchev–Trinajstić information content (AvgIpc) is 2.60. The van der Waals surface area contributed by atoms with E-state index < -0.39 is 17.9 Å². The van der Waals surface area contributed by atoms with E-state index in [1.54, 1.807) is 12.1 Å². The van der Waals surface area contributed by atoms with Crippen LogP contribution in [-0.2, 0) is 9.78 Å². The number of rotatable bonds is 3. The van der Waals surface area contributed by atoms with Crippen molar-refractivity contribution in [3.63, 3.8) is 0 Å². The molecule has 2 aromatic rings. The van der Waals surface area contributed by atoms with Gasteiger partial charge >= 0.3 is 17.9 Å². The van der Waals surface area contributed by atoms with Crippen LogP contribution in [0.4, 0.5) is 0 Å². The van der Waals surface area contributed by atoms with E-state index in [0.29, 0.717) is 5.02 Å². The minimum atomic E-state index is -1.25. The fraction of sp³-hybridized carbons (Fsp3) is 0. The minimum absolute atomic E-state index is 0.183. The van der Waals surface area contributed by atoms with Crippen molar-refractivity contribution in [2.75, 3.05) is 0 Å². The topological polar surface area (TPSA) is 130 Å². The smallest absolute Gasteiger partial charge is 0.373 e. The highest BCUT2D eigenvalue weighted by Gasteiger charge is 2.16. The van der Waals surface area contributed by atoms with Gasteiger partial charge in [0.25, 0.3) is 0 Å². The lowest BCUT2D eigenvalue weighted by Crippen LogP contribution is -2.09. The molecule has 0 aromatic heterocycles. The maximum atomic E-state index is 10.8. The van der Waals surface area contributed by atoms with Crippen molar-refractivity contribution in [1.82, 2.24) is 0 Å². The van der Waals surface area contributed by atoms with Crippen LogP contribution in [0.15, 0.2) is 48.5 Å². The number of benzene rings is 2. The van der Waals surface area contributed by atoms with E-state index in [1.165, 1.54) is 36.4 Å². The number of hydrogen-bond donors (Lipinski definition) is 3. The molecule has 0 bridgehead atoms. The third-order valence-electron chi connectivity index (χ3n) is 2.60. The molecule has 0 aliphatic carbocycles. The summed E-state index contributed by atoms with van der Waals surface area (Å²) in [6, 6.07) is 11.5. The van der Waals surface area contributed by atoms with Crippen LogP contribution in [0.25, 0.3) is 0 Å². The van der Waals surface area contributed by atoms with Gasteiger partial charge in [0.15, 0.2) is 0 Å². The number of halogens is 1. The molecule has 0 amide bonds. The molecule has 0 radical (unpaired) electrons. The molecule has 0 atom stereocenters. The van der Waals surface area contributed by atoms with E-state index in [0.717, 1.165) is 0 Å². The molecule has 0 fully saturated rings. The molecule has 8 nitrogen and oxygen atoms in total. The van der Waals surface area contributed by atoms with Gasteiger partial charge in [-0.1, -0.05) is 29.8 Å². The van der Waals surface area contributed by atoms with Crippen LogP contribution in [0, 0.1) is 0 Å². The van der Waals surface area contributed by atoms with Crippen molar-refractivity contribution in [2.45, 2.75) is 0 Å². The summed E-state index contributed by atoms with van der Waals surface area (Å²) in [5.74, 6) is -3.15. The number of carboxylic acid groups (broad SMARTS) is 1. The summed E-state index contributed by atoms with van der Waals surface area (Å²) in [6.45, 7) is 0. The Morgan fingerprint density at radius 1 is 0.833 bits per heavy atom. The number of hydrogen-bond acceptors (Lipinski definition) is 7. The Hall–Kier alpha value is -2.94. The van der Waals surface area contributed by atoms with Gasteiger partial charge in [-0.05, 0) is 30.3 Å². The summed E-state index contributed by atoms with van der Waals surface area (Å²) >= 11 is 5.56. The molecule has 0 spiro atoms. The predicted molar refractivity (Wildman–Crippen MR) is 80.9 cm³/mol. The number of carbonyl (C=O) groups excluding carboxylic acids is 2. The maximum Gasteiger partial charge on any atom is 0.373 e. The lowest BCUT2D eigenvalue weighted by Gasteiger charge is -2.00. The monoisotopic (exact) mass is 354 g/mol. The highest BCUT2D eigenvalue weighted by Crippen LogP contribution is 2.11. The molecular weight excluding hydrogens is 344 g/mol. The second kappa shape index (κ2) is 9.26. The second-order valence-corrected chi connectivity index (χ2v) is 4.56. The van der Waals surface area contributed by atoms with Crippen molar-refractivity contribution in [1.29, 1.82) is 0 Å². The quantitative estimate of drug-likeness (QED) is 0.566. The van der Waals surface area contributed by atoms with Crippen molar-refractivity contribution >= 4 is 29.5 Å². The molecule has 2 aromatic carbocycles. The molecule has 2 rings (SSSR count). The van der Waals surface area contributed by atoms with Crippen LogP contribution in [0.2, 0.25) is 5.02 Å². The highest BCUT2D eigenvalue weighted by atomic mass is 35.5. The molecule has 9 heteroatoms. The van der Waals surface area contributed by atoms with Crippen molar-refractivity contribution in [3.05, 3.63) is 70.2 Å². The number of aromatic carboxylic acids is 1. The van der Waals surface area contributed by atoms with Gasteiger partial charge in [0.1, 0.15) is 0 Å². The van der Waals surface area contributed by atoms with Crippen LogP contribution in [0.1, 0.15) is 31.1 Å². The first kappa shape index (κ1) is 19.1. The molecule has 126 valence electrons. The van der Waals surface area contributed by atoms with E-state index >= 15 is 0 Å². The van der Waals surface area contributed by atoms with Gasteiger partial charge in [-0.2, -0.15) is 10.5 Å². The predicted octanol–water partition coefficient (Wildman–Crippen LogP) is 2.98. The highest BCUT2D eigenvalue weighted by molar-refractivity contribution is 6.30. The Balaban J connectivity index is 0.000000243. The standard InChI is InChI=1S/C8H6O5.C7H5ClO3/c9-7(10)5-3-1-2-4-6(5)8(11)13-12;8-6-3-1-2-5(4-6)7(9)11-10/h1-4,12H,(H,9,10);1-4,10H. The number of carbonyl (C=O) groups is 3. The van der Waals surface area contributed by atoms with Gasteiger partial charge in [-0.3, -0.25) is 9.78 Å².